The second kappa shape index (κ2) is 7.41. The summed E-state index contributed by atoms with van der Waals surface area (Å²) in [6.45, 7) is 11.2. The van der Waals surface area contributed by atoms with Crippen LogP contribution in [-0.4, -0.2) is 65.3 Å². The van der Waals surface area contributed by atoms with E-state index in [9.17, 15) is 4.79 Å². The lowest BCUT2D eigenvalue weighted by molar-refractivity contribution is -0.386. The summed E-state index contributed by atoms with van der Waals surface area (Å²) < 4.78 is 37.3. The number of carbonyl (C=O) groups is 1. The van der Waals surface area contributed by atoms with Crippen LogP contribution in [-0.2, 0) is 33.2 Å². The number of ether oxygens (including phenoxy) is 6. The highest BCUT2D eigenvalue weighted by Crippen LogP contribution is 2.54. The summed E-state index contributed by atoms with van der Waals surface area (Å²) in [5.74, 6) is -2.97. The Morgan fingerprint density at radius 2 is 1.87 bits per heavy atom. The summed E-state index contributed by atoms with van der Waals surface area (Å²) in [6.07, 6.45) is 3.80. The fraction of sp³-hybridized carbons (Fsp3) is 0.905. The molecule has 4 heterocycles. The summed E-state index contributed by atoms with van der Waals surface area (Å²) in [6, 6.07) is 0. The van der Waals surface area contributed by atoms with Gasteiger partial charge in [-0.2, -0.15) is 5.01 Å². The number of hydrazone groups is 1. The monoisotopic (exact) mass is 426 g/mol. The van der Waals surface area contributed by atoms with E-state index < -0.39 is 35.3 Å². The number of nitrogens with zero attached hydrogens (tertiary/aromatic N) is 2. The van der Waals surface area contributed by atoms with E-state index >= 15 is 0 Å². The van der Waals surface area contributed by atoms with Crippen molar-refractivity contribution in [2.24, 2.45) is 5.10 Å². The largest absolute Gasteiger partial charge is 0.442 e. The minimum Gasteiger partial charge on any atom is -0.442 e. The zero-order chi connectivity index (χ0) is 21.8. The van der Waals surface area contributed by atoms with Crippen LogP contribution < -0.4 is 0 Å². The molecule has 0 N–H and O–H groups in total. The van der Waals surface area contributed by atoms with Gasteiger partial charge in [0.15, 0.2) is 17.7 Å². The number of unbranched alkanes of at least 4 members (excludes halogenated alkanes) is 3. The van der Waals surface area contributed by atoms with Gasteiger partial charge in [-0.1, -0.05) is 26.2 Å². The Balaban J connectivity index is 1.72. The molecule has 0 saturated carbocycles. The van der Waals surface area contributed by atoms with Gasteiger partial charge in [0.1, 0.15) is 12.7 Å². The third-order valence-corrected chi connectivity index (χ3v) is 5.96. The van der Waals surface area contributed by atoms with Gasteiger partial charge >= 0.3 is 0 Å². The van der Waals surface area contributed by atoms with E-state index in [0.717, 1.165) is 25.7 Å². The molecule has 3 saturated heterocycles. The topological polar surface area (TPSA) is 88.1 Å². The van der Waals surface area contributed by atoms with Crippen LogP contribution in [0.3, 0.4) is 0 Å². The molecule has 0 aliphatic carbocycles. The predicted octanol–water partition coefficient (Wildman–Crippen LogP) is 2.87. The molecule has 4 atom stereocenters. The van der Waals surface area contributed by atoms with Gasteiger partial charge in [-0.05, 0) is 34.1 Å². The van der Waals surface area contributed by atoms with E-state index in [4.69, 9.17) is 28.4 Å². The molecule has 0 aromatic rings. The molecule has 4 rings (SSSR count). The molecule has 0 aromatic heterocycles. The Hall–Kier alpha value is -1.26. The lowest BCUT2D eigenvalue weighted by atomic mass is 9.88. The number of rotatable bonds is 5. The van der Waals surface area contributed by atoms with Crippen molar-refractivity contribution in [3.63, 3.8) is 0 Å². The first-order valence-electron chi connectivity index (χ1n) is 11.0. The number of carbonyl (C=O) groups excluding carboxylic acids is 1. The Labute approximate surface area is 177 Å². The van der Waals surface area contributed by atoms with Crippen molar-refractivity contribution in [2.75, 3.05) is 13.2 Å². The van der Waals surface area contributed by atoms with Gasteiger partial charge < -0.3 is 28.4 Å². The highest BCUT2D eigenvalue weighted by Gasteiger charge is 2.78. The maximum atomic E-state index is 12.8. The molecule has 1 amide bonds. The zero-order valence-corrected chi connectivity index (χ0v) is 18.9. The summed E-state index contributed by atoms with van der Waals surface area (Å²) in [5.41, 5.74) is -1.47. The third kappa shape index (κ3) is 3.44. The maximum Gasteiger partial charge on any atom is 0.291 e. The van der Waals surface area contributed by atoms with Crippen molar-refractivity contribution < 1.29 is 33.2 Å². The van der Waals surface area contributed by atoms with Gasteiger partial charge in [-0.3, -0.25) is 4.79 Å². The van der Waals surface area contributed by atoms with Crippen molar-refractivity contribution in [3.05, 3.63) is 0 Å². The first-order valence-corrected chi connectivity index (χ1v) is 11.0. The summed E-state index contributed by atoms with van der Waals surface area (Å²) in [5, 5.41) is 5.89. The van der Waals surface area contributed by atoms with E-state index in [2.05, 4.69) is 12.0 Å². The van der Waals surface area contributed by atoms with Crippen molar-refractivity contribution in [1.82, 2.24) is 5.01 Å². The minimum atomic E-state index is -1.47. The molecular weight excluding hydrogens is 392 g/mol. The van der Waals surface area contributed by atoms with E-state index in [1.54, 1.807) is 13.8 Å². The van der Waals surface area contributed by atoms with E-state index in [-0.39, 0.29) is 19.1 Å². The fourth-order valence-electron chi connectivity index (χ4n) is 4.75. The first-order chi connectivity index (χ1) is 14.0. The Kier molecular flexibility index (Phi) is 5.42. The Morgan fingerprint density at radius 3 is 2.50 bits per heavy atom. The molecule has 3 fully saturated rings. The molecule has 4 aliphatic heterocycles. The maximum absolute atomic E-state index is 12.8. The van der Waals surface area contributed by atoms with Crippen LogP contribution in [0, 0.1) is 0 Å². The van der Waals surface area contributed by atoms with Gasteiger partial charge in [0, 0.05) is 13.3 Å². The molecule has 170 valence electrons. The summed E-state index contributed by atoms with van der Waals surface area (Å²) in [4.78, 5) is 12.8. The molecule has 0 bridgehead atoms. The first kappa shape index (κ1) is 22.0. The minimum absolute atomic E-state index is 0.0788. The van der Waals surface area contributed by atoms with Gasteiger partial charge in [0.2, 0.25) is 11.8 Å². The van der Waals surface area contributed by atoms with Crippen LogP contribution in [0.4, 0.5) is 0 Å². The van der Waals surface area contributed by atoms with Crippen molar-refractivity contribution >= 4 is 11.8 Å². The SMILES string of the molecule is CCCCCCC1=NN(C(C)=O)[C@@]2(O1)[C@@H]1OC(C)(C)O[C@@H]1CO[C@]21COC(C)(C)O1. The van der Waals surface area contributed by atoms with Crippen LogP contribution >= 0.6 is 0 Å². The van der Waals surface area contributed by atoms with E-state index in [0.29, 0.717) is 12.3 Å². The number of fused-ring (bicyclic) bond motifs is 3. The molecular formula is C21H34N2O7. The molecule has 9 nitrogen and oxygen atoms in total. The van der Waals surface area contributed by atoms with Gasteiger partial charge in [-0.15, -0.1) is 5.10 Å². The number of hydrogen-bond donors (Lipinski definition) is 0. The lowest BCUT2D eigenvalue weighted by Gasteiger charge is -2.52. The lowest BCUT2D eigenvalue weighted by Crippen LogP contribution is -2.76. The Bertz CT molecular complexity index is 722. The van der Waals surface area contributed by atoms with Gasteiger partial charge in [-0.25, -0.2) is 0 Å². The normalized spacial score (nSPS) is 38.7. The summed E-state index contributed by atoms with van der Waals surface area (Å²) in [7, 11) is 0. The van der Waals surface area contributed by atoms with Crippen LogP contribution in [0.5, 0.6) is 0 Å². The van der Waals surface area contributed by atoms with Gasteiger partial charge in [0.05, 0.1) is 6.61 Å². The molecule has 0 unspecified atom stereocenters. The van der Waals surface area contributed by atoms with Crippen LogP contribution in [0.1, 0.15) is 73.6 Å². The predicted molar refractivity (Wildman–Crippen MR) is 106 cm³/mol. The second-order valence-corrected chi connectivity index (χ2v) is 9.38. The molecule has 30 heavy (non-hydrogen) atoms. The molecule has 9 heteroatoms. The van der Waals surface area contributed by atoms with Crippen LogP contribution in [0.25, 0.3) is 0 Å². The average Bonchev–Trinajstić information content (AvgIpc) is 3.28. The quantitative estimate of drug-likeness (QED) is 0.625. The van der Waals surface area contributed by atoms with Crippen LogP contribution in [0.15, 0.2) is 5.10 Å². The van der Waals surface area contributed by atoms with Crippen molar-refractivity contribution in [3.8, 4) is 0 Å². The van der Waals surface area contributed by atoms with Crippen LogP contribution in [0.2, 0.25) is 0 Å². The Morgan fingerprint density at radius 1 is 1.10 bits per heavy atom. The number of amides is 1. The molecule has 0 radical (unpaired) electrons. The highest BCUT2D eigenvalue weighted by molar-refractivity contribution is 5.83. The molecule has 4 aliphatic rings. The van der Waals surface area contributed by atoms with E-state index in [1.807, 2.05) is 13.8 Å². The highest BCUT2D eigenvalue weighted by atomic mass is 16.9. The molecule has 0 aromatic carbocycles. The fourth-order valence-corrected chi connectivity index (χ4v) is 4.75. The number of hydrogen-bond acceptors (Lipinski definition) is 8. The summed E-state index contributed by atoms with van der Waals surface area (Å²) >= 11 is 0. The smallest absolute Gasteiger partial charge is 0.291 e. The molecule has 2 spiro atoms. The standard InChI is InChI=1S/C21H34N2O7/c1-7-8-9-10-11-16-22-23(14(2)24)21(28-16)17-15(27-19(5,6)29-17)12-25-20(21)13-26-18(3,4)30-20/h15,17H,7-13H2,1-6H3/t15-,17-,20+,21-/m1/s1. The second-order valence-electron chi connectivity index (χ2n) is 9.38. The van der Waals surface area contributed by atoms with E-state index in [1.165, 1.54) is 11.9 Å². The zero-order valence-electron chi connectivity index (χ0n) is 18.9. The average molecular weight is 427 g/mol. The third-order valence-electron chi connectivity index (χ3n) is 5.96. The van der Waals surface area contributed by atoms with Crippen molar-refractivity contribution in [1.29, 1.82) is 0 Å². The van der Waals surface area contributed by atoms with Crippen molar-refractivity contribution in [2.45, 2.75) is 109 Å². The van der Waals surface area contributed by atoms with Gasteiger partial charge in [0.25, 0.3) is 11.5 Å².